The van der Waals surface area contributed by atoms with Gasteiger partial charge in [-0.15, -0.1) is 0 Å². The molecule has 2 atom stereocenters. The molecular weight excluding hydrogens is 170 g/mol. The average molecular weight is 182 g/mol. The third-order valence-corrected chi connectivity index (χ3v) is 1.63. The lowest BCUT2D eigenvalue weighted by Crippen LogP contribution is -2.56. The van der Waals surface area contributed by atoms with Crippen LogP contribution >= 0.6 is 0 Å². The Morgan fingerprint density at radius 2 is 1.25 bits per heavy atom. The highest BCUT2D eigenvalue weighted by Crippen LogP contribution is 2.20. The van der Waals surface area contributed by atoms with Gasteiger partial charge in [-0.25, -0.2) is 0 Å². The van der Waals surface area contributed by atoms with Gasteiger partial charge in [0.05, 0.1) is 13.2 Å². The average Bonchev–Trinajstić information content (AvgIpc) is 2.11. The molecule has 6 heteroatoms. The molecule has 1 aliphatic rings. The molecule has 72 valence electrons. The lowest BCUT2D eigenvalue weighted by molar-refractivity contribution is -0.377. The minimum atomic E-state index is -1.76. The molecule has 2 unspecified atom stereocenters. The summed E-state index contributed by atoms with van der Waals surface area (Å²) in [7, 11) is 0. The summed E-state index contributed by atoms with van der Waals surface area (Å²) >= 11 is 0. The zero-order valence-corrected chi connectivity index (χ0v) is 6.43. The molecule has 0 bridgehead atoms. The van der Waals surface area contributed by atoms with Crippen molar-refractivity contribution in [2.45, 2.75) is 11.6 Å². The van der Waals surface area contributed by atoms with E-state index in [0.29, 0.717) is 0 Å². The molecule has 1 rings (SSSR count). The normalized spacial score (nSPS) is 43.0. The molecule has 12 heavy (non-hydrogen) atoms. The second kappa shape index (κ2) is 3.25. The predicted octanol–water partition coefficient (Wildman–Crippen LogP) is -2.60. The van der Waals surface area contributed by atoms with Gasteiger partial charge in [-0.1, -0.05) is 0 Å². The number of aliphatic hydroxyl groups excluding tert-OH is 2. The SMILES string of the molecule is OC[13C]1(O)CO[13C](O)(CO)CO1. The Hall–Kier alpha value is -0.240. The van der Waals surface area contributed by atoms with Crippen molar-refractivity contribution in [2.75, 3.05) is 26.4 Å². The highest BCUT2D eigenvalue weighted by atomic mass is 16.9. The molecule has 1 saturated heterocycles. The lowest BCUT2D eigenvalue weighted by atomic mass is 10.6. The minimum Gasteiger partial charge on any atom is -0.391 e. The molecule has 1 fully saturated rings. The van der Waals surface area contributed by atoms with E-state index in [1.165, 1.54) is 0 Å². The van der Waals surface area contributed by atoms with Crippen LogP contribution in [0.15, 0.2) is 0 Å². The third kappa shape index (κ3) is 1.92. The summed E-state index contributed by atoms with van der Waals surface area (Å²) in [5.41, 5.74) is 0. The maximum absolute atomic E-state index is 9.22. The van der Waals surface area contributed by atoms with E-state index in [0.717, 1.165) is 0 Å². The zero-order valence-electron chi connectivity index (χ0n) is 6.43. The summed E-state index contributed by atoms with van der Waals surface area (Å²) in [5, 5.41) is 35.6. The fourth-order valence-corrected chi connectivity index (χ4v) is 0.760. The van der Waals surface area contributed by atoms with Crippen LogP contribution in [0.2, 0.25) is 0 Å². The lowest BCUT2D eigenvalue weighted by Gasteiger charge is -2.38. The van der Waals surface area contributed by atoms with Crippen molar-refractivity contribution in [3.05, 3.63) is 0 Å². The zero-order chi connectivity index (χ0) is 9.24. The van der Waals surface area contributed by atoms with E-state index in [2.05, 4.69) is 0 Å². The smallest absolute Gasteiger partial charge is 0.213 e. The van der Waals surface area contributed by atoms with Gasteiger partial charge in [0.15, 0.2) is 0 Å². The van der Waals surface area contributed by atoms with Crippen LogP contribution in [0, 0.1) is 0 Å². The monoisotopic (exact) mass is 182 g/mol. The molecule has 0 saturated carbocycles. The van der Waals surface area contributed by atoms with Crippen LogP contribution in [0.1, 0.15) is 0 Å². The molecule has 0 amide bonds. The molecule has 4 N–H and O–H groups in total. The first kappa shape index (κ1) is 9.85. The van der Waals surface area contributed by atoms with Crippen molar-refractivity contribution in [2.24, 2.45) is 0 Å². The maximum atomic E-state index is 9.22. The van der Waals surface area contributed by atoms with E-state index in [1.807, 2.05) is 0 Å². The van der Waals surface area contributed by atoms with Gasteiger partial charge in [-0.2, -0.15) is 0 Å². The van der Waals surface area contributed by atoms with Gasteiger partial charge >= 0.3 is 0 Å². The Balaban J connectivity index is 2.49. The van der Waals surface area contributed by atoms with Gasteiger partial charge in [-0.3, -0.25) is 0 Å². The van der Waals surface area contributed by atoms with Gasteiger partial charge in [0.2, 0.25) is 11.6 Å². The molecule has 0 radical (unpaired) electrons. The van der Waals surface area contributed by atoms with Gasteiger partial charge in [0.1, 0.15) is 13.2 Å². The number of hydrogen-bond acceptors (Lipinski definition) is 6. The molecular formula is C6H12O6. The highest BCUT2D eigenvalue weighted by molar-refractivity contribution is 4.77. The van der Waals surface area contributed by atoms with Crippen molar-refractivity contribution < 1.29 is 29.9 Å². The molecule has 0 aromatic heterocycles. The van der Waals surface area contributed by atoms with Crippen LogP contribution < -0.4 is 0 Å². The van der Waals surface area contributed by atoms with Gasteiger partial charge in [0, 0.05) is 0 Å². The third-order valence-electron chi connectivity index (χ3n) is 1.63. The first-order valence-corrected chi connectivity index (χ1v) is 3.48. The summed E-state index contributed by atoms with van der Waals surface area (Å²) in [4.78, 5) is 0. The standard InChI is InChI=1S/C6H12O6/c7-1-5(9)3-12-6(10,2-8)4-11-5/h7-10H,1-4H2/i5+1,6+1. The minimum absolute atomic E-state index is 0.374. The predicted molar refractivity (Wildman–Crippen MR) is 36.0 cm³/mol. The maximum Gasteiger partial charge on any atom is 0.213 e. The number of rotatable bonds is 2. The van der Waals surface area contributed by atoms with Crippen molar-refractivity contribution in [3.8, 4) is 0 Å². The van der Waals surface area contributed by atoms with E-state index in [-0.39, 0.29) is 13.2 Å². The van der Waals surface area contributed by atoms with Crippen LogP contribution in [0.5, 0.6) is 0 Å². The van der Waals surface area contributed by atoms with E-state index in [9.17, 15) is 10.2 Å². The molecule has 0 aromatic rings. The van der Waals surface area contributed by atoms with E-state index < -0.39 is 24.8 Å². The van der Waals surface area contributed by atoms with Crippen LogP contribution in [0.3, 0.4) is 0 Å². The molecule has 0 aromatic carbocycles. The van der Waals surface area contributed by atoms with Crippen LogP contribution in [-0.2, 0) is 9.47 Å². The Labute approximate surface area is 69.0 Å². The van der Waals surface area contributed by atoms with Crippen molar-refractivity contribution in [1.29, 1.82) is 0 Å². The molecule has 1 heterocycles. The Kier molecular flexibility index (Phi) is 2.67. The number of aliphatic hydroxyl groups is 4. The quantitative estimate of drug-likeness (QED) is 0.349. The fraction of sp³-hybridized carbons (Fsp3) is 1.00. The number of ether oxygens (including phenoxy) is 2. The van der Waals surface area contributed by atoms with Crippen molar-refractivity contribution in [3.63, 3.8) is 0 Å². The van der Waals surface area contributed by atoms with Crippen molar-refractivity contribution >= 4 is 0 Å². The Morgan fingerprint density at radius 3 is 1.42 bits per heavy atom. The second-order valence-corrected chi connectivity index (χ2v) is 2.79. The molecule has 6 nitrogen and oxygen atoms in total. The highest BCUT2D eigenvalue weighted by Gasteiger charge is 2.42. The summed E-state index contributed by atoms with van der Waals surface area (Å²) in [6.07, 6.45) is 0. The van der Waals surface area contributed by atoms with Gasteiger partial charge in [0.25, 0.3) is 0 Å². The Morgan fingerprint density at radius 1 is 0.917 bits per heavy atom. The number of hydrogen-bond donors (Lipinski definition) is 4. The summed E-state index contributed by atoms with van der Waals surface area (Å²) in [5.74, 6) is -3.52. The molecule has 1 aliphatic heterocycles. The summed E-state index contributed by atoms with van der Waals surface area (Å²) in [6.45, 7) is -1.98. The van der Waals surface area contributed by atoms with Crippen molar-refractivity contribution in [1.82, 2.24) is 0 Å². The van der Waals surface area contributed by atoms with Gasteiger partial charge < -0.3 is 29.9 Å². The van der Waals surface area contributed by atoms with Gasteiger partial charge in [-0.05, 0) is 0 Å². The fourth-order valence-electron chi connectivity index (χ4n) is 0.760. The van der Waals surface area contributed by atoms with E-state index in [1.54, 1.807) is 0 Å². The molecule has 0 spiro atoms. The Bertz CT molecular complexity index is 132. The molecule has 0 aliphatic carbocycles. The largest absolute Gasteiger partial charge is 0.391 e. The van der Waals surface area contributed by atoms with E-state index >= 15 is 0 Å². The summed E-state index contributed by atoms with van der Waals surface area (Å²) in [6, 6.07) is 0. The summed E-state index contributed by atoms with van der Waals surface area (Å²) < 4.78 is 9.38. The first-order chi connectivity index (χ1) is 5.54. The van der Waals surface area contributed by atoms with Crippen LogP contribution in [0.4, 0.5) is 0 Å². The topological polar surface area (TPSA) is 99.4 Å². The van der Waals surface area contributed by atoms with Crippen LogP contribution in [-0.4, -0.2) is 58.4 Å². The first-order valence-electron chi connectivity index (χ1n) is 3.48. The van der Waals surface area contributed by atoms with Crippen LogP contribution in [0.25, 0.3) is 0 Å². The van der Waals surface area contributed by atoms with E-state index in [4.69, 9.17) is 19.7 Å². The second-order valence-electron chi connectivity index (χ2n) is 2.79.